The molecule has 2 fully saturated rings. The van der Waals surface area contributed by atoms with Gasteiger partial charge >= 0.3 is 0 Å². The summed E-state index contributed by atoms with van der Waals surface area (Å²) in [4.78, 5) is 7.80. The van der Waals surface area contributed by atoms with Crippen LogP contribution in [-0.2, 0) is 0 Å². The second-order valence-electron chi connectivity index (χ2n) is 6.18. The van der Waals surface area contributed by atoms with Crippen molar-refractivity contribution in [3.63, 3.8) is 0 Å². The lowest BCUT2D eigenvalue weighted by Gasteiger charge is -2.37. The summed E-state index contributed by atoms with van der Waals surface area (Å²) in [6.07, 6.45) is 4.01. The van der Waals surface area contributed by atoms with Gasteiger partial charge in [-0.2, -0.15) is 0 Å². The number of piperazine rings is 1. The van der Waals surface area contributed by atoms with Gasteiger partial charge in [0.05, 0.1) is 0 Å². The first-order valence-corrected chi connectivity index (χ1v) is 8.15. The third-order valence-electron chi connectivity index (χ3n) is 4.60. The summed E-state index contributed by atoms with van der Waals surface area (Å²) >= 11 is 0. The molecule has 2 saturated heterocycles. The van der Waals surface area contributed by atoms with Crippen molar-refractivity contribution in [1.29, 1.82) is 0 Å². The first-order chi connectivity index (χ1) is 9.29. The standard InChI is InChI=1S/C15H32N4/c1-3-7-19(15-5-4-6-16-14-15)13-12-18-10-8-17(2)9-11-18/h15-16H,3-14H2,1-2H3. The van der Waals surface area contributed by atoms with Gasteiger partial charge in [-0.1, -0.05) is 6.92 Å². The summed E-state index contributed by atoms with van der Waals surface area (Å²) in [5, 5.41) is 3.56. The monoisotopic (exact) mass is 268 g/mol. The minimum absolute atomic E-state index is 0.779. The van der Waals surface area contributed by atoms with E-state index in [2.05, 4.69) is 34.0 Å². The van der Waals surface area contributed by atoms with Crippen molar-refractivity contribution in [1.82, 2.24) is 20.0 Å². The molecule has 4 heteroatoms. The van der Waals surface area contributed by atoms with E-state index in [9.17, 15) is 0 Å². The van der Waals surface area contributed by atoms with E-state index in [0.29, 0.717) is 0 Å². The smallest absolute Gasteiger partial charge is 0.0221 e. The molecule has 4 nitrogen and oxygen atoms in total. The van der Waals surface area contributed by atoms with E-state index in [1.165, 1.54) is 78.2 Å². The first-order valence-electron chi connectivity index (χ1n) is 8.15. The molecule has 0 radical (unpaired) electrons. The molecule has 0 saturated carbocycles. The molecule has 0 aromatic carbocycles. The fraction of sp³-hybridized carbons (Fsp3) is 1.00. The second-order valence-corrected chi connectivity index (χ2v) is 6.18. The van der Waals surface area contributed by atoms with Gasteiger partial charge in [0, 0.05) is 51.9 Å². The third-order valence-corrected chi connectivity index (χ3v) is 4.60. The van der Waals surface area contributed by atoms with E-state index >= 15 is 0 Å². The highest BCUT2D eigenvalue weighted by atomic mass is 15.3. The Morgan fingerprint density at radius 1 is 1.16 bits per heavy atom. The Balaban J connectivity index is 1.73. The van der Waals surface area contributed by atoms with Gasteiger partial charge in [0.1, 0.15) is 0 Å². The summed E-state index contributed by atoms with van der Waals surface area (Å²) in [7, 11) is 2.23. The van der Waals surface area contributed by atoms with Crippen molar-refractivity contribution in [2.24, 2.45) is 0 Å². The van der Waals surface area contributed by atoms with Crippen molar-refractivity contribution in [3.8, 4) is 0 Å². The lowest BCUT2D eigenvalue weighted by Crippen LogP contribution is -2.51. The molecule has 0 aromatic rings. The summed E-state index contributed by atoms with van der Waals surface area (Å²) in [6.45, 7) is 13.5. The van der Waals surface area contributed by atoms with E-state index < -0.39 is 0 Å². The number of piperidine rings is 1. The SMILES string of the molecule is CCCN(CCN1CCN(C)CC1)C1CCCNC1. The number of hydrogen-bond donors (Lipinski definition) is 1. The van der Waals surface area contributed by atoms with Crippen LogP contribution in [0.25, 0.3) is 0 Å². The number of nitrogens with one attached hydrogen (secondary N) is 1. The van der Waals surface area contributed by atoms with E-state index in [4.69, 9.17) is 0 Å². The highest BCUT2D eigenvalue weighted by Crippen LogP contribution is 2.11. The fourth-order valence-electron chi connectivity index (χ4n) is 3.25. The second kappa shape index (κ2) is 8.20. The van der Waals surface area contributed by atoms with Crippen molar-refractivity contribution in [2.45, 2.75) is 32.2 Å². The normalized spacial score (nSPS) is 27.0. The van der Waals surface area contributed by atoms with Crippen LogP contribution >= 0.6 is 0 Å². The number of rotatable bonds is 6. The molecule has 2 aliphatic rings. The van der Waals surface area contributed by atoms with Crippen LogP contribution < -0.4 is 5.32 Å². The third kappa shape index (κ3) is 5.03. The van der Waals surface area contributed by atoms with Gasteiger partial charge in [0.2, 0.25) is 0 Å². The van der Waals surface area contributed by atoms with Gasteiger partial charge in [-0.05, 0) is 39.4 Å². The number of likely N-dealkylation sites (N-methyl/N-ethyl adjacent to an activating group) is 1. The lowest BCUT2D eigenvalue weighted by molar-refractivity contribution is 0.111. The van der Waals surface area contributed by atoms with E-state index in [-0.39, 0.29) is 0 Å². The maximum absolute atomic E-state index is 3.56. The quantitative estimate of drug-likeness (QED) is 0.765. The van der Waals surface area contributed by atoms with Crippen LogP contribution in [0.15, 0.2) is 0 Å². The largest absolute Gasteiger partial charge is 0.315 e. The minimum atomic E-state index is 0.779. The van der Waals surface area contributed by atoms with Crippen LogP contribution in [0, 0.1) is 0 Å². The van der Waals surface area contributed by atoms with Crippen LogP contribution in [0.5, 0.6) is 0 Å². The summed E-state index contributed by atoms with van der Waals surface area (Å²) in [5.74, 6) is 0. The topological polar surface area (TPSA) is 21.8 Å². The molecule has 1 N–H and O–H groups in total. The van der Waals surface area contributed by atoms with E-state index in [0.717, 1.165) is 6.04 Å². The molecule has 0 amide bonds. The Bertz CT molecular complexity index is 232. The first kappa shape index (κ1) is 15.2. The highest BCUT2D eigenvalue weighted by Gasteiger charge is 2.21. The highest BCUT2D eigenvalue weighted by molar-refractivity contribution is 4.80. The predicted molar refractivity (Wildman–Crippen MR) is 81.7 cm³/mol. The maximum atomic E-state index is 3.56. The number of hydrogen-bond acceptors (Lipinski definition) is 4. The Kier molecular flexibility index (Phi) is 6.57. The van der Waals surface area contributed by atoms with Crippen LogP contribution in [-0.4, -0.2) is 86.7 Å². The molecule has 19 heavy (non-hydrogen) atoms. The van der Waals surface area contributed by atoms with Gasteiger partial charge in [-0.25, -0.2) is 0 Å². The molecular formula is C15H32N4. The minimum Gasteiger partial charge on any atom is -0.315 e. The van der Waals surface area contributed by atoms with Gasteiger partial charge in [0.15, 0.2) is 0 Å². The Morgan fingerprint density at radius 3 is 2.58 bits per heavy atom. The van der Waals surface area contributed by atoms with Crippen molar-refractivity contribution >= 4 is 0 Å². The van der Waals surface area contributed by atoms with Crippen LogP contribution in [0.4, 0.5) is 0 Å². The van der Waals surface area contributed by atoms with E-state index in [1.807, 2.05) is 0 Å². The summed E-state index contributed by atoms with van der Waals surface area (Å²) in [5.41, 5.74) is 0. The molecule has 112 valence electrons. The Morgan fingerprint density at radius 2 is 1.95 bits per heavy atom. The molecule has 0 aromatic heterocycles. The molecule has 2 heterocycles. The van der Waals surface area contributed by atoms with E-state index in [1.54, 1.807) is 0 Å². The Labute approximate surface area is 119 Å². The van der Waals surface area contributed by atoms with Gasteiger partial charge in [0.25, 0.3) is 0 Å². The van der Waals surface area contributed by atoms with Crippen molar-refractivity contribution in [3.05, 3.63) is 0 Å². The zero-order valence-electron chi connectivity index (χ0n) is 12.9. The average molecular weight is 268 g/mol. The van der Waals surface area contributed by atoms with Gasteiger partial charge < -0.3 is 10.2 Å². The van der Waals surface area contributed by atoms with Crippen LogP contribution in [0.3, 0.4) is 0 Å². The molecule has 0 bridgehead atoms. The van der Waals surface area contributed by atoms with Crippen molar-refractivity contribution < 1.29 is 0 Å². The van der Waals surface area contributed by atoms with Gasteiger partial charge in [-0.3, -0.25) is 9.80 Å². The molecule has 2 aliphatic heterocycles. The fourth-order valence-corrected chi connectivity index (χ4v) is 3.25. The average Bonchev–Trinajstić information content (AvgIpc) is 2.46. The van der Waals surface area contributed by atoms with Crippen molar-refractivity contribution in [2.75, 3.05) is 66.0 Å². The molecular weight excluding hydrogens is 236 g/mol. The molecule has 1 unspecified atom stereocenters. The lowest BCUT2D eigenvalue weighted by atomic mass is 10.1. The maximum Gasteiger partial charge on any atom is 0.0221 e. The molecule has 0 spiro atoms. The zero-order chi connectivity index (χ0) is 13.5. The predicted octanol–water partition coefficient (Wildman–Crippen LogP) is 0.698. The zero-order valence-corrected chi connectivity index (χ0v) is 12.9. The molecule has 1 atom stereocenters. The number of nitrogens with zero attached hydrogens (tertiary/aromatic N) is 3. The summed E-state index contributed by atoms with van der Waals surface area (Å²) in [6, 6.07) is 0.779. The Hall–Kier alpha value is -0.160. The van der Waals surface area contributed by atoms with Crippen LogP contribution in [0.1, 0.15) is 26.2 Å². The molecule has 2 rings (SSSR count). The van der Waals surface area contributed by atoms with Crippen LogP contribution in [0.2, 0.25) is 0 Å². The molecule has 0 aliphatic carbocycles. The van der Waals surface area contributed by atoms with Gasteiger partial charge in [-0.15, -0.1) is 0 Å². The summed E-state index contributed by atoms with van der Waals surface area (Å²) < 4.78 is 0.